The molecule has 1 aliphatic rings. The van der Waals surface area contributed by atoms with Crippen molar-refractivity contribution in [2.75, 3.05) is 19.7 Å². The van der Waals surface area contributed by atoms with E-state index in [1.54, 1.807) is 4.90 Å². The number of rotatable bonds is 4. The van der Waals surface area contributed by atoms with Gasteiger partial charge in [-0.2, -0.15) is 5.26 Å². The fraction of sp³-hybridized carbons (Fsp3) is 0.818. The van der Waals surface area contributed by atoms with E-state index in [-0.39, 0.29) is 18.4 Å². The average Bonchev–Trinajstić information content (AvgIpc) is 2.73. The van der Waals surface area contributed by atoms with Gasteiger partial charge in [-0.1, -0.05) is 13.3 Å². The number of hydrogen-bond acceptors (Lipinski definition) is 3. The maximum Gasteiger partial charge on any atom is 0.239 e. The average molecular weight is 210 g/mol. The highest BCUT2D eigenvalue weighted by Gasteiger charge is 2.29. The van der Waals surface area contributed by atoms with Gasteiger partial charge in [0.05, 0.1) is 6.07 Å². The Balaban J connectivity index is 2.50. The molecular formula is C11H18N2O2. The molecule has 0 aromatic rings. The van der Waals surface area contributed by atoms with Gasteiger partial charge in [-0.15, -0.1) is 0 Å². The fourth-order valence-corrected chi connectivity index (χ4v) is 1.93. The quantitative estimate of drug-likeness (QED) is 0.745. The molecule has 0 radical (unpaired) electrons. The third-order valence-corrected chi connectivity index (χ3v) is 2.89. The van der Waals surface area contributed by atoms with Crippen LogP contribution in [0.2, 0.25) is 0 Å². The lowest BCUT2D eigenvalue weighted by molar-refractivity contribution is -0.133. The van der Waals surface area contributed by atoms with E-state index in [1.807, 2.05) is 6.92 Å². The van der Waals surface area contributed by atoms with Gasteiger partial charge in [0.1, 0.15) is 5.92 Å². The first kappa shape index (κ1) is 12.0. The van der Waals surface area contributed by atoms with Crippen molar-refractivity contribution in [1.29, 1.82) is 5.26 Å². The number of hydrogen-bond donors (Lipinski definition) is 1. The summed E-state index contributed by atoms with van der Waals surface area (Å²) in [5.74, 6) is -0.349. The van der Waals surface area contributed by atoms with Gasteiger partial charge in [0.15, 0.2) is 0 Å². The Kier molecular flexibility index (Phi) is 4.57. The summed E-state index contributed by atoms with van der Waals surface area (Å²) in [4.78, 5) is 13.6. The second-order valence-corrected chi connectivity index (χ2v) is 4.09. The molecule has 1 saturated heterocycles. The zero-order valence-electron chi connectivity index (χ0n) is 9.15. The van der Waals surface area contributed by atoms with Gasteiger partial charge in [0.2, 0.25) is 5.91 Å². The van der Waals surface area contributed by atoms with Crippen LogP contribution in [-0.2, 0) is 4.79 Å². The summed E-state index contributed by atoms with van der Waals surface area (Å²) in [6, 6.07) is 2.06. The summed E-state index contributed by atoms with van der Waals surface area (Å²) in [5, 5.41) is 17.8. The lowest BCUT2D eigenvalue weighted by Gasteiger charge is -2.18. The first-order chi connectivity index (χ1) is 7.22. The van der Waals surface area contributed by atoms with Crippen molar-refractivity contribution in [1.82, 2.24) is 4.90 Å². The first-order valence-electron chi connectivity index (χ1n) is 5.52. The molecule has 1 amide bonds. The minimum atomic E-state index is -0.493. The fourth-order valence-electron chi connectivity index (χ4n) is 1.93. The molecule has 1 N–H and O–H groups in total. The van der Waals surface area contributed by atoms with E-state index in [0.29, 0.717) is 19.5 Å². The summed E-state index contributed by atoms with van der Waals surface area (Å²) < 4.78 is 0. The standard InChI is InChI=1S/C11H18N2O2/c1-2-3-10(6-12)11(15)13-5-4-9(7-13)8-14/h9-10,14H,2-5,7-8H2,1H3. The second-order valence-electron chi connectivity index (χ2n) is 4.09. The van der Waals surface area contributed by atoms with E-state index < -0.39 is 5.92 Å². The molecule has 15 heavy (non-hydrogen) atoms. The third-order valence-electron chi connectivity index (χ3n) is 2.89. The lowest BCUT2D eigenvalue weighted by atomic mass is 10.0. The van der Waals surface area contributed by atoms with Gasteiger partial charge in [-0.3, -0.25) is 4.79 Å². The van der Waals surface area contributed by atoms with E-state index in [0.717, 1.165) is 12.8 Å². The topological polar surface area (TPSA) is 64.3 Å². The molecule has 2 atom stereocenters. The molecule has 1 fully saturated rings. The van der Waals surface area contributed by atoms with Gasteiger partial charge in [0, 0.05) is 25.6 Å². The van der Waals surface area contributed by atoms with E-state index in [9.17, 15) is 4.79 Å². The largest absolute Gasteiger partial charge is 0.396 e. The number of carbonyl (C=O) groups is 1. The van der Waals surface area contributed by atoms with Crippen LogP contribution in [-0.4, -0.2) is 35.6 Å². The molecule has 84 valence electrons. The molecule has 0 aromatic carbocycles. The van der Waals surface area contributed by atoms with Crippen LogP contribution in [0, 0.1) is 23.2 Å². The van der Waals surface area contributed by atoms with Gasteiger partial charge >= 0.3 is 0 Å². The van der Waals surface area contributed by atoms with Gasteiger partial charge < -0.3 is 10.0 Å². The summed E-state index contributed by atoms with van der Waals surface area (Å²) in [6.45, 7) is 3.40. The normalized spacial score (nSPS) is 22.5. The number of aliphatic hydroxyl groups excluding tert-OH is 1. The molecular weight excluding hydrogens is 192 g/mol. The van der Waals surface area contributed by atoms with Gasteiger partial charge in [-0.05, 0) is 12.8 Å². The number of aliphatic hydroxyl groups is 1. The Bertz CT molecular complexity index is 260. The van der Waals surface area contributed by atoms with Crippen molar-refractivity contribution in [2.24, 2.45) is 11.8 Å². The monoisotopic (exact) mass is 210 g/mol. The smallest absolute Gasteiger partial charge is 0.239 e. The number of nitriles is 1. The van der Waals surface area contributed by atoms with Crippen molar-refractivity contribution < 1.29 is 9.90 Å². The third kappa shape index (κ3) is 2.93. The summed E-state index contributed by atoms with van der Waals surface area (Å²) >= 11 is 0. The predicted molar refractivity (Wildman–Crippen MR) is 55.8 cm³/mol. The molecule has 0 spiro atoms. The van der Waals surface area contributed by atoms with Crippen molar-refractivity contribution >= 4 is 5.91 Å². The van der Waals surface area contributed by atoms with Crippen LogP contribution in [0.1, 0.15) is 26.2 Å². The zero-order chi connectivity index (χ0) is 11.3. The van der Waals surface area contributed by atoms with Crippen molar-refractivity contribution in [3.05, 3.63) is 0 Å². The molecule has 0 bridgehead atoms. The number of carbonyl (C=O) groups excluding carboxylic acids is 1. The van der Waals surface area contributed by atoms with Crippen LogP contribution in [0.5, 0.6) is 0 Å². The Morgan fingerprint density at radius 2 is 2.47 bits per heavy atom. The van der Waals surface area contributed by atoms with Crippen LogP contribution in [0.4, 0.5) is 0 Å². The molecule has 1 heterocycles. The van der Waals surface area contributed by atoms with Crippen LogP contribution in [0.15, 0.2) is 0 Å². The van der Waals surface area contributed by atoms with E-state index in [4.69, 9.17) is 10.4 Å². The van der Waals surface area contributed by atoms with E-state index in [1.165, 1.54) is 0 Å². The maximum atomic E-state index is 11.8. The Hall–Kier alpha value is -1.08. The molecule has 0 saturated carbocycles. The van der Waals surface area contributed by atoms with Crippen LogP contribution >= 0.6 is 0 Å². The molecule has 0 aliphatic carbocycles. The molecule has 1 aliphatic heterocycles. The first-order valence-corrected chi connectivity index (χ1v) is 5.52. The molecule has 0 aromatic heterocycles. The van der Waals surface area contributed by atoms with Crippen molar-refractivity contribution in [3.63, 3.8) is 0 Å². The SMILES string of the molecule is CCCC(C#N)C(=O)N1CCC(CO)C1. The molecule has 4 heteroatoms. The molecule has 2 unspecified atom stereocenters. The van der Waals surface area contributed by atoms with Gasteiger partial charge in [0.25, 0.3) is 0 Å². The molecule has 4 nitrogen and oxygen atoms in total. The summed E-state index contributed by atoms with van der Waals surface area (Å²) in [7, 11) is 0. The zero-order valence-corrected chi connectivity index (χ0v) is 9.15. The summed E-state index contributed by atoms with van der Waals surface area (Å²) in [5.41, 5.74) is 0. The second kappa shape index (κ2) is 5.72. The predicted octanol–water partition coefficient (Wildman–Crippen LogP) is 0.767. The lowest BCUT2D eigenvalue weighted by Crippen LogP contribution is -2.34. The van der Waals surface area contributed by atoms with Crippen molar-refractivity contribution in [2.45, 2.75) is 26.2 Å². The number of amides is 1. The summed E-state index contributed by atoms with van der Waals surface area (Å²) in [6.07, 6.45) is 2.34. The Morgan fingerprint density at radius 1 is 1.73 bits per heavy atom. The van der Waals surface area contributed by atoms with Crippen LogP contribution in [0.25, 0.3) is 0 Å². The highest BCUT2D eigenvalue weighted by Crippen LogP contribution is 2.19. The highest BCUT2D eigenvalue weighted by molar-refractivity contribution is 5.81. The minimum absolute atomic E-state index is 0.0599. The molecule has 1 rings (SSSR count). The highest BCUT2D eigenvalue weighted by atomic mass is 16.3. The maximum absolute atomic E-state index is 11.8. The van der Waals surface area contributed by atoms with E-state index >= 15 is 0 Å². The van der Waals surface area contributed by atoms with Gasteiger partial charge in [-0.25, -0.2) is 0 Å². The number of likely N-dealkylation sites (tertiary alicyclic amines) is 1. The minimum Gasteiger partial charge on any atom is -0.396 e. The van der Waals surface area contributed by atoms with Crippen molar-refractivity contribution in [3.8, 4) is 6.07 Å². The van der Waals surface area contributed by atoms with Crippen LogP contribution in [0.3, 0.4) is 0 Å². The van der Waals surface area contributed by atoms with Crippen LogP contribution < -0.4 is 0 Å². The van der Waals surface area contributed by atoms with E-state index in [2.05, 4.69) is 6.07 Å². The Morgan fingerprint density at radius 3 is 2.93 bits per heavy atom. The number of nitrogens with zero attached hydrogens (tertiary/aromatic N) is 2. The Labute approximate surface area is 90.5 Å².